The molecule has 1 aliphatic carbocycles. The molecule has 0 N–H and O–H groups in total. The molecule has 1 atom stereocenters. The number of rotatable bonds is 5. The van der Waals surface area contributed by atoms with Gasteiger partial charge in [-0.15, -0.1) is 11.3 Å². The summed E-state index contributed by atoms with van der Waals surface area (Å²) in [4.78, 5) is 21.4. The van der Waals surface area contributed by atoms with Crippen molar-refractivity contribution in [3.63, 3.8) is 0 Å². The molecular formula is C22H21F2N5O2S. The van der Waals surface area contributed by atoms with Crippen molar-refractivity contribution >= 4 is 27.2 Å². The lowest BCUT2D eigenvalue weighted by molar-refractivity contribution is 0.0660. The highest BCUT2D eigenvalue weighted by Gasteiger charge is 2.72. The topological polar surface area (TPSA) is 64.7 Å². The molecule has 1 aliphatic heterocycles. The van der Waals surface area contributed by atoms with Crippen molar-refractivity contribution in [2.75, 3.05) is 20.2 Å². The Morgan fingerprint density at radius 1 is 1.22 bits per heavy atom. The molecule has 2 aliphatic rings. The maximum absolute atomic E-state index is 13.8. The Bertz CT molecular complexity index is 1390. The van der Waals surface area contributed by atoms with E-state index in [1.54, 1.807) is 11.7 Å². The van der Waals surface area contributed by atoms with Crippen LogP contribution in [0.25, 0.3) is 15.9 Å². The van der Waals surface area contributed by atoms with Gasteiger partial charge in [0.25, 0.3) is 5.92 Å². The van der Waals surface area contributed by atoms with Crippen molar-refractivity contribution in [2.45, 2.75) is 31.9 Å². The van der Waals surface area contributed by atoms with Crippen LogP contribution in [0, 0.1) is 5.41 Å². The number of thiophene rings is 1. The zero-order valence-corrected chi connectivity index (χ0v) is 18.2. The van der Waals surface area contributed by atoms with Crippen molar-refractivity contribution < 1.29 is 13.5 Å². The van der Waals surface area contributed by atoms with Gasteiger partial charge in [0.2, 0.25) is 0 Å². The predicted octanol–water partition coefficient (Wildman–Crippen LogP) is 3.39. The van der Waals surface area contributed by atoms with Gasteiger partial charge in [0.1, 0.15) is 16.9 Å². The van der Waals surface area contributed by atoms with Crippen LogP contribution in [0.1, 0.15) is 23.3 Å². The summed E-state index contributed by atoms with van der Waals surface area (Å²) in [6.07, 6.45) is 1.93. The summed E-state index contributed by atoms with van der Waals surface area (Å²) < 4.78 is 35.8. The maximum atomic E-state index is 13.8. The van der Waals surface area contributed by atoms with Gasteiger partial charge in [-0.1, -0.05) is 12.1 Å². The van der Waals surface area contributed by atoms with Gasteiger partial charge in [0, 0.05) is 24.4 Å². The lowest BCUT2D eigenvalue weighted by atomic mass is 10.1. The molecule has 166 valence electrons. The van der Waals surface area contributed by atoms with E-state index >= 15 is 0 Å². The minimum atomic E-state index is -2.52. The zero-order valence-electron chi connectivity index (χ0n) is 17.4. The molecule has 0 amide bonds. The number of aromatic nitrogens is 4. The number of likely N-dealkylation sites (tertiary alicyclic amines) is 1. The van der Waals surface area contributed by atoms with Gasteiger partial charge in [-0.3, -0.25) is 9.47 Å². The summed E-state index contributed by atoms with van der Waals surface area (Å²) in [5, 5.41) is 4.97. The number of fused-ring (bicyclic) bond motifs is 3. The van der Waals surface area contributed by atoms with Crippen LogP contribution in [-0.4, -0.2) is 50.2 Å². The lowest BCUT2D eigenvalue weighted by Gasteiger charge is -2.14. The predicted molar refractivity (Wildman–Crippen MR) is 117 cm³/mol. The second-order valence-corrected chi connectivity index (χ2v) is 9.88. The average Bonchev–Trinajstić information content (AvgIpc) is 3.30. The van der Waals surface area contributed by atoms with Crippen LogP contribution >= 0.6 is 11.3 Å². The van der Waals surface area contributed by atoms with Crippen molar-refractivity contribution in [1.82, 2.24) is 24.1 Å². The number of halogens is 2. The number of hydrogen-bond acceptors (Lipinski definition) is 6. The standard InChI is InChI=1S/C22H21F2N5O2S/c1-31-15-4-2-14(3-5-15)9-28-19-17(18-25-13-26-29(18)20(28)30)8-16(32-19)10-27-7-6-21(12-27)11-22(21,23)24/h2-5,8,13H,6-7,9-12H2,1H3. The first-order valence-electron chi connectivity index (χ1n) is 10.5. The number of ether oxygens (including phenoxy) is 1. The van der Waals surface area contributed by atoms with E-state index in [0.29, 0.717) is 38.2 Å². The normalized spacial score (nSPS) is 22.3. The molecule has 1 saturated heterocycles. The van der Waals surface area contributed by atoms with Crippen LogP contribution in [0.3, 0.4) is 0 Å². The Balaban J connectivity index is 1.37. The van der Waals surface area contributed by atoms with Crippen LogP contribution in [0.15, 0.2) is 41.5 Å². The molecule has 1 aromatic carbocycles. The number of nitrogens with zero attached hydrogens (tertiary/aromatic N) is 5. The van der Waals surface area contributed by atoms with E-state index in [1.807, 2.05) is 30.3 Å². The fraction of sp³-hybridized carbons (Fsp3) is 0.409. The largest absolute Gasteiger partial charge is 0.497 e. The minimum absolute atomic E-state index is 0.00465. The minimum Gasteiger partial charge on any atom is -0.497 e. The molecule has 3 aromatic heterocycles. The van der Waals surface area contributed by atoms with E-state index in [1.165, 1.54) is 22.2 Å². The Morgan fingerprint density at radius 3 is 2.69 bits per heavy atom. The summed E-state index contributed by atoms with van der Waals surface area (Å²) in [5.41, 5.74) is 0.401. The number of alkyl halides is 2. The van der Waals surface area contributed by atoms with E-state index in [9.17, 15) is 13.6 Å². The fourth-order valence-corrected chi connectivity index (χ4v) is 6.01. The fourth-order valence-electron chi connectivity index (χ4n) is 4.83. The molecule has 10 heteroatoms. The summed E-state index contributed by atoms with van der Waals surface area (Å²) in [5.74, 6) is -1.77. The molecule has 32 heavy (non-hydrogen) atoms. The van der Waals surface area contributed by atoms with Crippen LogP contribution in [-0.2, 0) is 13.1 Å². The monoisotopic (exact) mass is 457 g/mol. The van der Waals surface area contributed by atoms with Crippen LogP contribution in [0.4, 0.5) is 8.78 Å². The summed E-state index contributed by atoms with van der Waals surface area (Å²) in [6, 6.07) is 9.60. The lowest BCUT2D eigenvalue weighted by Crippen LogP contribution is -2.27. The highest BCUT2D eigenvalue weighted by atomic mass is 32.1. The SMILES string of the molecule is COc1ccc(Cn2c(=O)n3ncnc3c3cc(CN4CCC5(C4)CC5(F)F)sc32)cc1. The number of benzene rings is 1. The van der Waals surface area contributed by atoms with Gasteiger partial charge in [-0.2, -0.15) is 9.61 Å². The molecule has 1 unspecified atom stereocenters. The second-order valence-electron chi connectivity index (χ2n) is 8.77. The molecule has 2 fully saturated rings. The molecule has 6 rings (SSSR count). The molecule has 4 aromatic rings. The van der Waals surface area contributed by atoms with Crippen LogP contribution in [0.2, 0.25) is 0 Å². The molecular weight excluding hydrogens is 436 g/mol. The van der Waals surface area contributed by atoms with Gasteiger partial charge in [-0.05, 0) is 36.7 Å². The van der Waals surface area contributed by atoms with Gasteiger partial charge < -0.3 is 4.74 Å². The molecule has 0 bridgehead atoms. The molecule has 1 saturated carbocycles. The van der Waals surface area contributed by atoms with Crippen molar-refractivity contribution in [1.29, 1.82) is 0 Å². The van der Waals surface area contributed by atoms with Gasteiger partial charge >= 0.3 is 5.69 Å². The highest BCUT2D eigenvalue weighted by molar-refractivity contribution is 7.18. The van der Waals surface area contributed by atoms with E-state index in [4.69, 9.17) is 4.74 Å². The summed E-state index contributed by atoms with van der Waals surface area (Å²) in [6.45, 7) is 2.07. The van der Waals surface area contributed by atoms with Crippen molar-refractivity contribution in [3.05, 3.63) is 57.6 Å². The molecule has 1 spiro atoms. The first kappa shape index (κ1) is 19.8. The molecule has 0 radical (unpaired) electrons. The zero-order chi connectivity index (χ0) is 22.1. The van der Waals surface area contributed by atoms with Crippen LogP contribution < -0.4 is 10.4 Å². The van der Waals surface area contributed by atoms with E-state index in [-0.39, 0.29) is 12.1 Å². The number of hydrogen-bond donors (Lipinski definition) is 0. The highest BCUT2D eigenvalue weighted by Crippen LogP contribution is 2.65. The van der Waals surface area contributed by atoms with E-state index in [2.05, 4.69) is 15.0 Å². The Hall–Kier alpha value is -2.85. The third kappa shape index (κ3) is 2.96. The Kier molecular flexibility index (Phi) is 4.22. The van der Waals surface area contributed by atoms with Gasteiger partial charge in [0.05, 0.1) is 24.5 Å². The van der Waals surface area contributed by atoms with Crippen LogP contribution in [0.5, 0.6) is 5.75 Å². The van der Waals surface area contributed by atoms with E-state index < -0.39 is 11.3 Å². The maximum Gasteiger partial charge on any atom is 0.352 e. The van der Waals surface area contributed by atoms with Crippen molar-refractivity contribution in [2.24, 2.45) is 5.41 Å². The van der Waals surface area contributed by atoms with Gasteiger partial charge in [-0.25, -0.2) is 18.6 Å². The van der Waals surface area contributed by atoms with E-state index in [0.717, 1.165) is 26.4 Å². The first-order chi connectivity index (χ1) is 15.4. The molecule has 7 nitrogen and oxygen atoms in total. The Morgan fingerprint density at radius 2 is 2.00 bits per heavy atom. The quantitative estimate of drug-likeness (QED) is 0.460. The summed E-state index contributed by atoms with van der Waals surface area (Å²) >= 11 is 1.52. The average molecular weight is 458 g/mol. The Labute approximate surface area is 185 Å². The smallest absolute Gasteiger partial charge is 0.352 e. The molecule has 4 heterocycles. The van der Waals surface area contributed by atoms with Crippen molar-refractivity contribution in [3.8, 4) is 5.75 Å². The first-order valence-corrected chi connectivity index (χ1v) is 11.3. The second kappa shape index (κ2) is 6.82. The third-order valence-electron chi connectivity index (χ3n) is 6.73. The third-order valence-corrected chi connectivity index (χ3v) is 7.88. The van der Waals surface area contributed by atoms with Gasteiger partial charge in [0.15, 0.2) is 5.65 Å². The summed E-state index contributed by atoms with van der Waals surface area (Å²) in [7, 11) is 1.61. The number of methoxy groups -OCH3 is 1.